The van der Waals surface area contributed by atoms with Crippen molar-refractivity contribution in [1.82, 2.24) is 5.32 Å². The largest absolute Gasteiger partial charge is 0.316 e. The standard InChI is InChI=1S/C15H21ClFNS/c1-18-12(10-19-13-4-2-3-5-13)8-11-6-7-15(17)14(16)9-11/h6-7,9,12-13,18H,2-5,8,10H2,1H3. The Labute approximate surface area is 124 Å². The molecule has 106 valence electrons. The molecule has 1 aliphatic rings. The van der Waals surface area contributed by atoms with Gasteiger partial charge in [0.25, 0.3) is 0 Å². The summed E-state index contributed by atoms with van der Waals surface area (Å²) in [4.78, 5) is 0. The molecule has 1 aromatic rings. The predicted molar refractivity (Wildman–Crippen MR) is 82.7 cm³/mol. The first-order valence-electron chi connectivity index (χ1n) is 6.92. The van der Waals surface area contributed by atoms with E-state index in [1.54, 1.807) is 6.07 Å². The van der Waals surface area contributed by atoms with Crippen molar-refractivity contribution in [1.29, 1.82) is 0 Å². The Hall–Kier alpha value is -0.250. The zero-order valence-electron chi connectivity index (χ0n) is 11.3. The molecule has 1 fully saturated rings. The Morgan fingerprint density at radius 3 is 2.79 bits per heavy atom. The molecule has 0 saturated heterocycles. The highest BCUT2D eigenvalue weighted by atomic mass is 35.5. The third-order valence-electron chi connectivity index (χ3n) is 3.71. The molecule has 1 saturated carbocycles. The van der Waals surface area contributed by atoms with Crippen LogP contribution in [-0.4, -0.2) is 24.1 Å². The van der Waals surface area contributed by atoms with Crippen LogP contribution in [-0.2, 0) is 6.42 Å². The van der Waals surface area contributed by atoms with Crippen molar-refractivity contribution in [3.8, 4) is 0 Å². The molecule has 0 aliphatic heterocycles. The van der Waals surface area contributed by atoms with Crippen LogP contribution in [0.3, 0.4) is 0 Å². The summed E-state index contributed by atoms with van der Waals surface area (Å²) in [6, 6.07) is 5.44. The van der Waals surface area contributed by atoms with Crippen molar-refractivity contribution < 1.29 is 4.39 Å². The Morgan fingerprint density at radius 1 is 1.42 bits per heavy atom. The molecule has 0 amide bonds. The lowest BCUT2D eigenvalue weighted by molar-refractivity contribution is 0.609. The smallest absolute Gasteiger partial charge is 0.141 e. The van der Waals surface area contributed by atoms with Gasteiger partial charge in [-0.05, 0) is 44.0 Å². The number of hydrogen-bond acceptors (Lipinski definition) is 2. The second kappa shape index (κ2) is 7.51. The lowest BCUT2D eigenvalue weighted by atomic mass is 10.1. The lowest BCUT2D eigenvalue weighted by Gasteiger charge is -2.18. The Balaban J connectivity index is 1.85. The van der Waals surface area contributed by atoms with Gasteiger partial charge in [-0.25, -0.2) is 4.39 Å². The van der Waals surface area contributed by atoms with Crippen molar-refractivity contribution in [3.63, 3.8) is 0 Å². The average molecular weight is 302 g/mol. The second-order valence-electron chi connectivity index (χ2n) is 5.18. The van der Waals surface area contributed by atoms with Crippen LogP contribution in [0.1, 0.15) is 31.2 Å². The summed E-state index contributed by atoms with van der Waals surface area (Å²) in [5.74, 6) is 0.766. The summed E-state index contributed by atoms with van der Waals surface area (Å²) in [6.07, 6.45) is 6.40. The normalized spacial score (nSPS) is 17.8. The van der Waals surface area contributed by atoms with Crippen LogP contribution in [0, 0.1) is 5.82 Å². The highest BCUT2D eigenvalue weighted by Gasteiger charge is 2.17. The number of benzene rings is 1. The molecule has 1 unspecified atom stereocenters. The van der Waals surface area contributed by atoms with Crippen LogP contribution < -0.4 is 5.32 Å². The Bertz CT molecular complexity index is 407. The molecule has 2 rings (SSSR count). The number of halogens is 2. The fraction of sp³-hybridized carbons (Fsp3) is 0.600. The van der Waals surface area contributed by atoms with Crippen LogP contribution in [0.2, 0.25) is 5.02 Å². The van der Waals surface area contributed by atoms with Gasteiger partial charge < -0.3 is 5.32 Å². The van der Waals surface area contributed by atoms with Gasteiger partial charge in [-0.3, -0.25) is 0 Å². The molecule has 1 aromatic carbocycles. The van der Waals surface area contributed by atoms with Crippen molar-refractivity contribution in [2.75, 3.05) is 12.8 Å². The van der Waals surface area contributed by atoms with Gasteiger partial charge in [0.05, 0.1) is 5.02 Å². The van der Waals surface area contributed by atoms with Crippen LogP contribution in [0.5, 0.6) is 0 Å². The van der Waals surface area contributed by atoms with Crippen molar-refractivity contribution >= 4 is 23.4 Å². The summed E-state index contributed by atoms with van der Waals surface area (Å²) in [7, 11) is 1.99. The molecule has 1 aliphatic carbocycles. The lowest BCUT2D eigenvalue weighted by Crippen LogP contribution is -2.30. The van der Waals surface area contributed by atoms with E-state index in [0.717, 1.165) is 23.0 Å². The van der Waals surface area contributed by atoms with E-state index in [2.05, 4.69) is 17.1 Å². The molecule has 1 nitrogen and oxygen atoms in total. The number of nitrogens with one attached hydrogen (secondary N) is 1. The third kappa shape index (κ3) is 4.66. The van der Waals surface area contributed by atoms with Gasteiger partial charge in [0.2, 0.25) is 0 Å². The molecule has 0 radical (unpaired) electrons. The van der Waals surface area contributed by atoms with Crippen LogP contribution in [0.4, 0.5) is 4.39 Å². The first-order valence-corrected chi connectivity index (χ1v) is 8.34. The first-order chi connectivity index (χ1) is 9.19. The van der Waals surface area contributed by atoms with Gasteiger partial charge >= 0.3 is 0 Å². The molecule has 1 atom stereocenters. The molecular weight excluding hydrogens is 281 g/mol. The quantitative estimate of drug-likeness (QED) is 0.841. The molecular formula is C15H21ClFNS. The summed E-state index contributed by atoms with van der Waals surface area (Å²) in [5.41, 5.74) is 1.10. The van der Waals surface area contributed by atoms with Crippen molar-refractivity contribution in [2.24, 2.45) is 0 Å². The minimum atomic E-state index is -0.341. The van der Waals surface area contributed by atoms with Crippen LogP contribution >= 0.6 is 23.4 Å². The highest BCUT2D eigenvalue weighted by Crippen LogP contribution is 2.30. The maximum absolute atomic E-state index is 13.1. The summed E-state index contributed by atoms with van der Waals surface area (Å²) >= 11 is 7.89. The van der Waals surface area contributed by atoms with Gasteiger partial charge in [-0.2, -0.15) is 11.8 Å². The van der Waals surface area contributed by atoms with Gasteiger partial charge in [-0.1, -0.05) is 30.5 Å². The molecule has 0 aromatic heterocycles. The first kappa shape index (κ1) is 15.1. The molecule has 1 N–H and O–H groups in total. The number of rotatable bonds is 6. The number of hydrogen-bond donors (Lipinski definition) is 1. The number of likely N-dealkylation sites (N-methyl/N-ethyl adjacent to an activating group) is 1. The zero-order valence-corrected chi connectivity index (χ0v) is 12.9. The minimum Gasteiger partial charge on any atom is -0.316 e. The van der Waals surface area contributed by atoms with Crippen molar-refractivity contribution in [3.05, 3.63) is 34.6 Å². The Kier molecular flexibility index (Phi) is 5.99. The summed E-state index contributed by atoms with van der Waals surface area (Å²) in [6.45, 7) is 0. The summed E-state index contributed by atoms with van der Waals surface area (Å²) < 4.78 is 13.1. The predicted octanol–water partition coefficient (Wildman–Crippen LogP) is 4.29. The molecule has 0 heterocycles. The maximum atomic E-state index is 13.1. The molecule has 19 heavy (non-hydrogen) atoms. The SMILES string of the molecule is CNC(CSC1CCCC1)Cc1ccc(F)c(Cl)c1. The monoisotopic (exact) mass is 301 g/mol. The highest BCUT2D eigenvalue weighted by molar-refractivity contribution is 7.99. The fourth-order valence-corrected chi connectivity index (χ4v) is 4.16. The van der Waals surface area contributed by atoms with Gasteiger partial charge in [0, 0.05) is 17.0 Å². The van der Waals surface area contributed by atoms with E-state index in [-0.39, 0.29) is 10.8 Å². The van der Waals surface area contributed by atoms with E-state index in [4.69, 9.17) is 11.6 Å². The van der Waals surface area contributed by atoms with Gasteiger partial charge in [0.15, 0.2) is 0 Å². The average Bonchev–Trinajstić information content (AvgIpc) is 2.92. The molecule has 0 spiro atoms. The molecule has 0 bridgehead atoms. The van der Waals surface area contributed by atoms with E-state index < -0.39 is 0 Å². The van der Waals surface area contributed by atoms with E-state index in [1.807, 2.05) is 13.1 Å². The topological polar surface area (TPSA) is 12.0 Å². The van der Waals surface area contributed by atoms with Crippen molar-refractivity contribution in [2.45, 2.75) is 43.4 Å². The maximum Gasteiger partial charge on any atom is 0.141 e. The van der Waals surface area contributed by atoms with Crippen LogP contribution in [0.25, 0.3) is 0 Å². The van der Waals surface area contributed by atoms with Crippen LogP contribution in [0.15, 0.2) is 18.2 Å². The van der Waals surface area contributed by atoms with E-state index >= 15 is 0 Å². The molecule has 4 heteroatoms. The van der Waals surface area contributed by atoms with E-state index in [0.29, 0.717) is 6.04 Å². The summed E-state index contributed by atoms with van der Waals surface area (Å²) in [5, 5.41) is 4.41. The van der Waals surface area contributed by atoms with Gasteiger partial charge in [-0.15, -0.1) is 0 Å². The minimum absolute atomic E-state index is 0.218. The van der Waals surface area contributed by atoms with Gasteiger partial charge in [0.1, 0.15) is 5.82 Å². The number of thioether (sulfide) groups is 1. The third-order valence-corrected chi connectivity index (χ3v) is 5.54. The van der Waals surface area contributed by atoms with E-state index in [9.17, 15) is 4.39 Å². The zero-order chi connectivity index (χ0) is 13.7. The fourth-order valence-electron chi connectivity index (χ4n) is 2.50. The second-order valence-corrected chi connectivity index (χ2v) is 6.92. The Morgan fingerprint density at radius 2 is 2.16 bits per heavy atom. The van der Waals surface area contributed by atoms with E-state index in [1.165, 1.54) is 31.7 Å².